The predicted octanol–water partition coefficient (Wildman–Crippen LogP) is 1.41. The molecule has 2 N–H and O–H groups in total. The van der Waals surface area contributed by atoms with Crippen LogP contribution in [0.2, 0.25) is 0 Å². The number of hydrogen-bond acceptors (Lipinski definition) is 2. The maximum Gasteiger partial charge on any atom is 0.153 e. The molecule has 0 unspecified atom stereocenters. The molecule has 0 saturated heterocycles. The van der Waals surface area contributed by atoms with Crippen molar-refractivity contribution in [1.82, 2.24) is 0 Å². The zero-order valence-electron chi connectivity index (χ0n) is 6.14. The van der Waals surface area contributed by atoms with Crippen LogP contribution in [0.25, 0.3) is 0 Å². The molecule has 0 saturated carbocycles. The van der Waals surface area contributed by atoms with Gasteiger partial charge >= 0.3 is 0 Å². The second-order valence-corrected chi connectivity index (χ2v) is 2.87. The Morgan fingerprint density at radius 2 is 2.40 bits per heavy atom. The third-order valence-electron chi connectivity index (χ3n) is 0.818. The van der Waals surface area contributed by atoms with Crippen LogP contribution in [-0.2, 0) is 0 Å². The number of alkyl halides is 1. The van der Waals surface area contributed by atoms with Crippen molar-refractivity contribution in [3.05, 3.63) is 0 Å². The number of aliphatic imine (C=N–C) groups is 1. The van der Waals surface area contributed by atoms with Crippen LogP contribution in [-0.4, -0.2) is 24.1 Å². The second-order valence-electron chi connectivity index (χ2n) is 1.76. The van der Waals surface area contributed by atoms with Crippen LogP contribution in [0.5, 0.6) is 0 Å². The summed E-state index contributed by atoms with van der Waals surface area (Å²) in [5.41, 5.74) is 5.39. The molecule has 0 atom stereocenters. The Labute approximate surface area is 65.1 Å². The van der Waals surface area contributed by atoms with Crippen molar-refractivity contribution in [2.24, 2.45) is 10.7 Å². The van der Waals surface area contributed by atoms with E-state index < -0.39 is 0 Å². The first-order valence-corrected chi connectivity index (χ1v) is 4.28. The lowest BCUT2D eigenvalue weighted by atomic mass is 10.5. The molecule has 60 valence electrons. The summed E-state index contributed by atoms with van der Waals surface area (Å²) >= 11 is 1.27. The standard InChI is InChI=1S/C6H13FN2S/c1-2-4-9-6(8)10-5-3-7/h2-5H2,1H3,(H2,8,9). The molecule has 10 heavy (non-hydrogen) atoms. The van der Waals surface area contributed by atoms with Gasteiger partial charge in [0.25, 0.3) is 0 Å². The third kappa shape index (κ3) is 5.88. The average Bonchev–Trinajstić information content (AvgIpc) is 1.97. The molecule has 0 spiro atoms. The highest BCUT2D eigenvalue weighted by molar-refractivity contribution is 8.13. The van der Waals surface area contributed by atoms with Crippen molar-refractivity contribution in [3.8, 4) is 0 Å². The fraction of sp³-hybridized carbons (Fsp3) is 0.833. The molecule has 0 fully saturated rings. The molecule has 0 aliphatic carbocycles. The summed E-state index contributed by atoms with van der Waals surface area (Å²) in [4.78, 5) is 3.97. The van der Waals surface area contributed by atoms with Crippen molar-refractivity contribution in [2.45, 2.75) is 13.3 Å². The lowest BCUT2D eigenvalue weighted by Gasteiger charge is -1.95. The van der Waals surface area contributed by atoms with Gasteiger partial charge < -0.3 is 5.73 Å². The minimum absolute atomic E-state index is 0.340. The molecule has 0 aromatic rings. The minimum atomic E-state index is -0.340. The van der Waals surface area contributed by atoms with Gasteiger partial charge in [-0.1, -0.05) is 18.7 Å². The van der Waals surface area contributed by atoms with Gasteiger partial charge in [-0.3, -0.25) is 9.38 Å². The van der Waals surface area contributed by atoms with Gasteiger partial charge in [-0.15, -0.1) is 0 Å². The van der Waals surface area contributed by atoms with Crippen molar-refractivity contribution in [1.29, 1.82) is 0 Å². The van der Waals surface area contributed by atoms with Gasteiger partial charge in [0.15, 0.2) is 5.17 Å². The van der Waals surface area contributed by atoms with Gasteiger partial charge in [-0.2, -0.15) is 0 Å². The molecule has 2 nitrogen and oxygen atoms in total. The zero-order chi connectivity index (χ0) is 7.82. The fourth-order valence-corrected chi connectivity index (χ4v) is 0.880. The van der Waals surface area contributed by atoms with E-state index in [0.717, 1.165) is 13.0 Å². The van der Waals surface area contributed by atoms with Crippen LogP contribution < -0.4 is 5.73 Å². The number of nitrogens with zero attached hydrogens (tertiary/aromatic N) is 1. The summed E-state index contributed by atoms with van der Waals surface area (Å²) in [6, 6.07) is 0. The van der Waals surface area contributed by atoms with Crippen LogP contribution in [0.4, 0.5) is 4.39 Å². The lowest BCUT2D eigenvalue weighted by molar-refractivity contribution is 0.533. The average molecular weight is 164 g/mol. The Bertz CT molecular complexity index is 106. The fourth-order valence-electron chi connectivity index (χ4n) is 0.411. The first-order valence-electron chi connectivity index (χ1n) is 3.30. The molecular formula is C6H13FN2S. The van der Waals surface area contributed by atoms with Gasteiger partial charge in [0.05, 0.1) is 6.67 Å². The largest absolute Gasteiger partial charge is 0.379 e. The van der Waals surface area contributed by atoms with E-state index in [4.69, 9.17) is 5.73 Å². The number of halogens is 1. The second kappa shape index (κ2) is 6.86. The van der Waals surface area contributed by atoms with Gasteiger partial charge in [0.2, 0.25) is 0 Å². The van der Waals surface area contributed by atoms with Gasteiger partial charge in [0.1, 0.15) is 0 Å². The van der Waals surface area contributed by atoms with Crippen molar-refractivity contribution in [3.63, 3.8) is 0 Å². The predicted molar refractivity (Wildman–Crippen MR) is 45.2 cm³/mol. The lowest BCUT2D eigenvalue weighted by Crippen LogP contribution is -2.08. The monoisotopic (exact) mass is 164 g/mol. The van der Waals surface area contributed by atoms with Crippen LogP contribution >= 0.6 is 11.8 Å². The number of nitrogens with two attached hydrogens (primary N) is 1. The summed E-state index contributed by atoms with van der Waals surface area (Å²) in [6.45, 7) is 2.43. The van der Waals surface area contributed by atoms with Crippen molar-refractivity contribution in [2.75, 3.05) is 19.0 Å². The minimum Gasteiger partial charge on any atom is -0.379 e. The quantitative estimate of drug-likeness (QED) is 0.504. The third-order valence-corrected chi connectivity index (χ3v) is 1.60. The molecule has 0 heterocycles. The molecule has 0 rings (SSSR count). The Kier molecular flexibility index (Phi) is 6.69. The molecule has 4 heteroatoms. The van der Waals surface area contributed by atoms with Crippen LogP contribution in [0.15, 0.2) is 4.99 Å². The SMILES string of the molecule is CCCN=C(N)SCCF. The highest BCUT2D eigenvalue weighted by Gasteiger charge is 1.90. The highest BCUT2D eigenvalue weighted by Crippen LogP contribution is 1.99. The van der Waals surface area contributed by atoms with Crippen molar-refractivity contribution < 1.29 is 4.39 Å². The summed E-state index contributed by atoms with van der Waals surface area (Å²) in [6.07, 6.45) is 0.983. The number of hydrogen-bond donors (Lipinski definition) is 1. The van der Waals surface area contributed by atoms with Crippen LogP contribution in [0, 0.1) is 0 Å². The van der Waals surface area contributed by atoms with E-state index in [9.17, 15) is 4.39 Å². The molecule has 0 aliphatic rings. The van der Waals surface area contributed by atoms with E-state index >= 15 is 0 Å². The van der Waals surface area contributed by atoms with E-state index in [2.05, 4.69) is 4.99 Å². The van der Waals surface area contributed by atoms with Gasteiger partial charge in [0, 0.05) is 12.3 Å². The Balaban J connectivity index is 3.30. The molecule has 0 amide bonds. The smallest absolute Gasteiger partial charge is 0.153 e. The summed E-state index contributed by atoms with van der Waals surface area (Å²) in [5.74, 6) is 0.416. The molecular weight excluding hydrogens is 151 g/mol. The van der Waals surface area contributed by atoms with E-state index in [1.807, 2.05) is 6.92 Å². The Morgan fingerprint density at radius 3 is 2.90 bits per heavy atom. The van der Waals surface area contributed by atoms with Crippen LogP contribution in [0.1, 0.15) is 13.3 Å². The first-order chi connectivity index (χ1) is 4.81. The van der Waals surface area contributed by atoms with E-state index in [-0.39, 0.29) is 6.67 Å². The molecule has 0 aliphatic heterocycles. The molecule has 0 aromatic heterocycles. The van der Waals surface area contributed by atoms with E-state index in [0.29, 0.717) is 10.9 Å². The Morgan fingerprint density at radius 1 is 1.70 bits per heavy atom. The maximum absolute atomic E-state index is 11.5. The molecule has 0 aromatic carbocycles. The Hall–Kier alpha value is -0.250. The number of rotatable bonds is 4. The summed E-state index contributed by atoms with van der Waals surface area (Å²) < 4.78 is 11.5. The number of amidine groups is 1. The highest BCUT2D eigenvalue weighted by atomic mass is 32.2. The van der Waals surface area contributed by atoms with Gasteiger partial charge in [-0.05, 0) is 6.42 Å². The zero-order valence-corrected chi connectivity index (χ0v) is 6.96. The summed E-state index contributed by atoms with van der Waals surface area (Å²) in [5, 5.41) is 0.500. The normalized spacial score (nSPS) is 12.0. The van der Waals surface area contributed by atoms with E-state index in [1.54, 1.807) is 0 Å². The maximum atomic E-state index is 11.5. The first kappa shape index (κ1) is 9.75. The molecule has 0 radical (unpaired) electrons. The van der Waals surface area contributed by atoms with Crippen molar-refractivity contribution >= 4 is 16.9 Å². The number of thioether (sulfide) groups is 1. The van der Waals surface area contributed by atoms with E-state index in [1.165, 1.54) is 11.8 Å². The van der Waals surface area contributed by atoms with Gasteiger partial charge in [-0.25, -0.2) is 0 Å². The topological polar surface area (TPSA) is 38.4 Å². The summed E-state index contributed by atoms with van der Waals surface area (Å²) in [7, 11) is 0. The van der Waals surface area contributed by atoms with Crippen LogP contribution in [0.3, 0.4) is 0 Å². The molecule has 0 bridgehead atoms.